The van der Waals surface area contributed by atoms with Crippen LogP contribution in [0.4, 0.5) is 17.1 Å². The molecule has 1 atom stereocenters. The zero-order chi connectivity index (χ0) is 28.9. The topological polar surface area (TPSA) is 6.48 Å². The van der Waals surface area contributed by atoms with Gasteiger partial charge in [-0.1, -0.05) is 85.5 Å². The maximum Gasteiger partial charge on any atom is 0.0557 e. The third kappa shape index (κ3) is 6.04. The second-order valence-corrected chi connectivity index (χ2v) is 11.5. The van der Waals surface area contributed by atoms with Crippen LogP contribution in [0.5, 0.6) is 0 Å². The Morgan fingerprint density at radius 2 is 1.52 bits per heavy atom. The van der Waals surface area contributed by atoms with E-state index in [0.29, 0.717) is 6.04 Å². The Labute approximate surface area is 251 Å². The van der Waals surface area contributed by atoms with E-state index < -0.39 is 0 Å². The van der Waals surface area contributed by atoms with E-state index in [-0.39, 0.29) is 0 Å². The predicted octanol–water partition coefficient (Wildman–Crippen LogP) is 10.7. The predicted molar refractivity (Wildman–Crippen MR) is 181 cm³/mol. The lowest BCUT2D eigenvalue weighted by Gasteiger charge is -2.36. The highest BCUT2D eigenvalue weighted by atomic mass is 15.2. The summed E-state index contributed by atoms with van der Waals surface area (Å²) in [5, 5.41) is 0. The van der Waals surface area contributed by atoms with Crippen molar-refractivity contribution in [2.45, 2.75) is 52.0 Å². The Kier molecular flexibility index (Phi) is 8.23. The number of aryl methyl sites for hydroxylation is 2. The standard InChI is InChI=1S/C40H40N2/c1-4-32-16-22-36(23-17-32)42(40-15-9-11-31(3)29-40)38-26-20-34(21-27-38)33-18-24-37(25-19-33)41(35-12-6-5-7-13-35)39-14-8-10-30(2)28-39/h4-6,8-12,14-16,18-22,24,26-29,37H,1,7,13,17,23,25H2,2-3H3. The molecule has 6 rings (SSSR count). The van der Waals surface area contributed by atoms with Crippen LogP contribution in [0.25, 0.3) is 5.57 Å². The van der Waals surface area contributed by atoms with Gasteiger partial charge < -0.3 is 9.80 Å². The van der Waals surface area contributed by atoms with Gasteiger partial charge in [0.2, 0.25) is 0 Å². The van der Waals surface area contributed by atoms with Gasteiger partial charge in [-0.2, -0.15) is 0 Å². The first kappa shape index (κ1) is 27.6. The normalized spacial score (nSPS) is 18.0. The first-order chi connectivity index (χ1) is 20.6. The summed E-state index contributed by atoms with van der Waals surface area (Å²) in [7, 11) is 0. The molecule has 2 nitrogen and oxygen atoms in total. The van der Waals surface area contributed by atoms with Gasteiger partial charge in [-0.3, -0.25) is 0 Å². The summed E-state index contributed by atoms with van der Waals surface area (Å²) in [6.07, 6.45) is 25.4. The molecule has 0 saturated heterocycles. The average Bonchev–Trinajstić information content (AvgIpc) is 3.03. The monoisotopic (exact) mass is 548 g/mol. The molecule has 0 radical (unpaired) electrons. The van der Waals surface area contributed by atoms with Crippen molar-refractivity contribution in [3.63, 3.8) is 0 Å². The highest BCUT2D eigenvalue weighted by Crippen LogP contribution is 2.37. The van der Waals surface area contributed by atoms with Crippen molar-refractivity contribution < 1.29 is 0 Å². The van der Waals surface area contributed by atoms with Crippen LogP contribution in [0.15, 0.2) is 151 Å². The van der Waals surface area contributed by atoms with Gasteiger partial charge in [0.05, 0.1) is 6.04 Å². The van der Waals surface area contributed by atoms with Crippen LogP contribution in [-0.2, 0) is 0 Å². The summed E-state index contributed by atoms with van der Waals surface area (Å²) in [5.74, 6) is 0. The second-order valence-electron chi connectivity index (χ2n) is 11.5. The molecular formula is C40H40N2. The van der Waals surface area contributed by atoms with Gasteiger partial charge in [-0.05, 0) is 122 Å². The minimum atomic E-state index is 0.302. The summed E-state index contributed by atoms with van der Waals surface area (Å²) < 4.78 is 0. The second kappa shape index (κ2) is 12.5. The van der Waals surface area contributed by atoms with Crippen molar-refractivity contribution in [1.29, 1.82) is 0 Å². The number of rotatable bonds is 8. The van der Waals surface area contributed by atoms with Crippen LogP contribution < -0.4 is 9.80 Å². The third-order valence-corrected chi connectivity index (χ3v) is 8.42. The molecule has 1 unspecified atom stereocenters. The lowest BCUT2D eigenvalue weighted by Crippen LogP contribution is -2.34. The third-order valence-electron chi connectivity index (χ3n) is 8.42. The molecule has 0 bridgehead atoms. The first-order valence-corrected chi connectivity index (χ1v) is 15.2. The molecule has 3 aromatic rings. The van der Waals surface area contributed by atoms with E-state index in [0.717, 1.165) is 32.1 Å². The minimum Gasteiger partial charge on any atom is -0.338 e. The van der Waals surface area contributed by atoms with E-state index in [1.165, 1.54) is 56.3 Å². The van der Waals surface area contributed by atoms with Crippen LogP contribution in [0.1, 0.15) is 48.8 Å². The van der Waals surface area contributed by atoms with E-state index in [1.54, 1.807) is 0 Å². The summed E-state index contributed by atoms with van der Waals surface area (Å²) >= 11 is 0. The van der Waals surface area contributed by atoms with Crippen LogP contribution >= 0.6 is 0 Å². The maximum atomic E-state index is 3.96. The number of anilines is 3. The summed E-state index contributed by atoms with van der Waals surface area (Å²) in [6.45, 7) is 8.30. The van der Waals surface area contributed by atoms with Gasteiger partial charge in [0.15, 0.2) is 0 Å². The van der Waals surface area contributed by atoms with Gasteiger partial charge in [0.25, 0.3) is 0 Å². The molecule has 0 amide bonds. The smallest absolute Gasteiger partial charge is 0.0557 e. The van der Waals surface area contributed by atoms with E-state index in [1.807, 2.05) is 6.08 Å². The SMILES string of the molecule is C=CC1=CC=C(N(c2ccc(C3=CCC(N(C4=CC=CCC4)c4cccc(C)c4)C=C3)cc2)c2cccc(C)c2)CC1. The van der Waals surface area contributed by atoms with Crippen molar-refractivity contribution in [3.05, 3.63) is 168 Å². The largest absolute Gasteiger partial charge is 0.338 e. The maximum absolute atomic E-state index is 3.96. The fourth-order valence-electron chi connectivity index (χ4n) is 6.20. The van der Waals surface area contributed by atoms with Crippen molar-refractivity contribution in [2.75, 3.05) is 9.80 Å². The van der Waals surface area contributed by atoms with E-state index in [9.17, 15) is 0 Å². The summed E-state index contributed by atoms with van der Waals surface area (Å²) in [4.78, 5) is 4.94. The Balaban J connectivity index is 1.25. The molecule has 0 N–H and O–H groups in total. The van der Waals surface area contributed by atoms with Gasteiger partial charge in [0, 0.05) is 28.5 Å². The molecule has 0 aliphatic heterocycles. The molecule has 0 fully saturated rings. The Morgan fingerprint density at radius 1 is 0.762 bits per heavy atom. The van der Waals surface area contributed by atoms with E-state index >= 15 is 0 Å². The molecular weight excluding hydrogens is 508 g/mol. The van der Waals surface area contributed by atoms with Gasteiger partial charge in [0.1, 0.15) is 0 Å². The average molecular weight is 549 g/mol. The highest BCUT2D eigenvalue weighted by Gasteiger charge is 2.23. The van der Waals surface area contributed by atoms with Crippen molar-refractivity contribution >= 4 is 22.6 Å². The van der Waals surface area contributed by atoms with Crippen LogP contribution in [0, 0.1) is 13.8 Å². The lowest BCUT2D eigenvalue weighted by atomic mass is 9.94. The molecule has 3 aromatic carbocycles. The molecule has 210 valence electrons. The van der Waals surface area contributed by atoms with Crippen LogP contribution in [0.3, 0.4) is 0 Å². The van der Waals surface area contributed by atoms with Crippen LogP contribution in [0.2, 0.25) is 0 Å². The van der Waals surface area contributed by atoms with Crippen molar-refractivity contribution in [3.8, 4) is 0 Å². The fraction of sp³-hybridized carbons (Fsp3) is 0.200. The van der Waals surface area contributed by atoms with Crippen molar-refractivity contribution in [1.82, 2.24) is 0 Å². The molecule has 3 aliphatic carbocycles. The van der Waals surface area contributed by atoms with Gasteiger partial charge >= 0.3 is 0 Å². The zero-order valence-corrected chi connectivity index (χ0v) is 24.8. The molecule has 42 heavy (non-hydrogen) atoms. The number of hydrogen-bond acceptors (Lipinski definition) is 2. The quantitative estimate of drug-likeness (QED) is 0.276. The Bertz CT molecular complexity index is 1640. The Hall–Kier alpha value is -4.56. The minimum absolute atomic E-state index is 0.302. The molecule has 0 spiro atoms. The lowest BCUT2D eigenvalue weighted by molar-refractivity contribution is 0.721. The number of nitrogens with zero attached hydrogens (tertiary/aromatic N) is 2. The molecule has 0 heterocycles. The van der Waals surface area contributed by atoms with E-state index in [4.69, 9.17) is 0 Å². The highest BCUT2D eigenvalue weighted by molar-refractivity contribution is 5.78. The first-order valence-electron chi connectivity index (χ1n) is 15.2. The Morgan fingerprint density at radius 3 is 2.14 bits per heavy atom. The van der Waals surface area contributed by atoms with Gasteiger partial charge in [-0.15, -0.1) is 0 Å². The zero-order valence-electron chi connectivity index (χ0n) is 24.8. The molecule has 0 saturated carbocycles. The molecule has 0 aromatic heterocycles. The van der Waals surface area contributed by atoms with Crippen LogP contribution in [-0.4, -0.2) is 6.04 Å². The number of allylic oxidation sites excluding steroid dienone is 11. The molecule has 2 heteroatoms. The van der Waals surface area contributed by atoms with Gasteiger partial charge in [-0.25, -0.2) is 0 Å². The number of benzene rings is 3. The number of hydrogen-bond donors (Lipinski definition) is 0. The van der Waals surface area contributed by atoms with E-state index in [2.05, 4.69) is 152 Å². The summed E-state index contributed by atoms with van der Waals surface area (Å²) in [6, 6.07) is 27.1. The fourth-order valence-corrected chi connectivity index (χ4v) is 6.20. The molecule has 3 aliphatic rings. The summed E-state index contributed by atoms with van der Waals surface area (Å²) in [5.41, 5.74) is 12.8. The van der Waals surface area contributed by atoms with Crippen molar-refractivity contribution in [2.24, 2.45) is 0 Å².